The standard InChI is InChI=1S/C60H112N2O12/c1-6-10-13-16-19-21-30-37-49-69-55(63)42-33-26-23-28-35-44-57(65)71-51-54(52-72-58(66)45-36-29-24-27-34-43-56(64)70-50-38-31-22-20-17-14-11-7-2)73-59(67)46-39-41-53(40-32-25-18-15-12-8-3)74-60(68)61-47-48-62(5)9-4/h53-54H,6-52H2,1-5H3,(H,61,68). The number of carbonyl (C=O) groups is 6. The highest BCUT2D eigenvalue weighted by Crippen LogP contribution is 2.18. The Bertz CT molecular complexity index is 1280. The first-order chi connectivity index (χ1) is 36.0. The third-order valence-corrected chi connectivity index (χ3v) is 13.6. The third kappa shape index (κ3) is 50.7. The molecule has 0 saturated carbocycles. The van der Waals surface area contributed by atoms with Gasteiger partial charge in [-0.25, -0.2) is 4.79 Å². The van der Waals surface area contributed by atoms with Crippen LogP contribution in [0.3, 0.4) is 0 Å². The van der Waals surface area contributed by atoms with E-state index in [4.69, 9.17) is 28.4 Å². The summed E-state index contributed by atoms with van der Waals surface area (Å²) in [6, 6.07) is 0. The number of nitrogens with zero attached hydrogens (tertiary/aromatic N) is 1. The number of rotatable bonds is 55. The molecule has 1 unspecified atom stereocenters. The van der Waals surface area contributed by atoms with Gasteiger partial charge in [0.15, 0.2) is 6.10 Å². The monoisotopic (exact) mass is 1050 g/mol. The van der Waals surface area contributed by atoms with Gasteiger partial charge in [0.2, 0.25) is 0 Å². The molecule has 0 aliphatic rings. The van der Waals surface area contributed by atoms with Crippen LogP contribution in [0.4, 0.5) is 4.79 Å². The molecule has 0 radical (unpaired) electrons. The lowest BCUT2D eigenvalue weighted by Crippen LogP contribution is -2.35. The fourth-order valence-corrected chi connectivity index (χ4v) is 8.59. The molecule has 14 nitrogen and oxygen atoms in total. The van der Waals surface area contributed by atoms with E-state index in [1.165, 1.54) is 96.3 Å². The average Bonchev–Trinajstić information content (AvgIpc) is 3.38. The zero-order valence-electron chi connectivity index (χ0n) is 48.2. The maximum absolute atomic E-state index is 13.2. The average molecular weight is 1050 g/mol. The largest absolute Gasteiger partial charge is 0.466 e. The van der Waals surface area contributed by atoms with Gasteiger partial charge in [-0.2, -0.15) is 0 Å². The van der Waals surface area contributed by atoms with Crippen molar-refractivity contribution in [3.05, 3.63) is 0 Å². The topological polar surface area (TPSA) is 173 Å². The molecule has 0 rings (SSSR count). The van der Waals surface area contributed by atoms with E-state index < -0.39 is 30.1 Å². The van der Waals surface area contributed by atoms with Crippen LogP contribution in [0.1, 0.15) is 285 Å². The summed E-state index contributed by atoms with van der Waals surface area (Å²) in [5, 5.41) is 2.84. The fraction of sp³-hybridized carbons (Fsp3) is 0.900. The summed E-state index contributed by atoms with van der Waals surface area (Å²) in [4.78, 5) is 77.8. The molecular weight excluding hydrogens is 941 g/mol. The van der Waals surface area contributed by atoms with E-state index >= 15 is 0 Å². The van der Waals surface area contributed by atoms with Crippen LogP contribution in [0.5, 0.6) is 0 Å². The highest BCUT2D eigenvalue weighted by atomic mass is 16.6. The molecule has 0 aromatic rings. The number of amides is 1. The molecule has 0 aromatic carbocycles. The second kappa shape index (κ2) is 54.4. The fourth-order valence-electron chi connectivity index (χ4n) is 8.59. The van der Waals surface area contributed by atoms with Gasteiger partial charge in [0, 0.05) is 45.2 Å². The predicted molar refractivity (Wildman–Crippen MR) is 297 cm³/mol. The van der Waals surface area contributed by atoms with E-state index in [0.29, 0.717) is 71.2 Å². The minimum Gasteiger partial charge on any atom is -0.466 e. The van der Waals surface area contributed by atoms with E-state index in [1.54, 1.807) is 0 Å². The highest BCUT2D eigenvalue weighted by Gasteiger charge is 2.21. The molecule has 0 fully saturated rings. The Kier molecular flexibility index (Phi) is 51.9. The quantitative estimate of drug-likeness (QED) is 0.0347. The van der Waals surface area contributed by atoms with Gasteiger partial charge in [-0.3, -0.25) is 24.0 Å². The Hall–Kier alpha value is -3.42. The van der Waals surface area contributed by atoms with E-state index in [1.807, 2.05) is 7.05 Å². The van der Waals surface area contributed by atoms with Crippen LogP contribution in [0.2, 0.25) is 0 Å². The third-order valence-electron chi connectivity index (χ3n) is 13.6. The summed E-state index contributed by atoms with van der Waals surface area (Å²) in [6.07, 6.45) is 35.0. The molecular formula is C60H112N2O12. The summed E-state index contributed by atoms with van der Waals surface area (Å²) in [5.74, 6) is -1.64. The molecule has 434 valence electrons. The zero-order valence-corrected chi connectivity index (χ0v) is 48.2. The molecule has 0 aliphatic heterocycles. The van der Waals surface area contributed by atoms with Crippen LogP contribution in [0.15, 0.2) is 0 Å². The molecule has 1 N–H and O–H groups in total. The minimum absolute atomic E-state index is 0.0611. The Labute approximate surface area is 451 Å². The van der Waals surface area contributed by atoms with Gasteiger partial charge in [0.25, 0.3) is 0 Å². The first-order valence-corrected chi connectivity index (χ1v) is 30.5. The van der Waals surface area contributed by atoms with Crippen molar-refractivity contribution in [2.45, 2.75) is 297 Å². The number of alkyl carbamates (subject to hydrolysis) is 1. The first-order valence-electron chi connectivity index (χ1n) is 30.5. The van der Waals surface area contributed by atoms with Crippen LogP contribution in [0.25, 0.3) is 0 Å². The van der Waals surface area contributed by atoms with Gasteiger partial charge in [0.05, 0.1) is 13.2 Å². The normalized spacial score (nSPS) is 11.7. The Morgan fingerprint density at radius 2 is 0.703 bits per heavy atom. The van der Waals surface area contributed by atoms with E-state index in [2.05, 4.69) is 37.9 Å². The van der Waals surface area contributed by atoms with Crippen molar-refractivity contribution in [3.63, 3.8) is 0 Å². The van der Waals surface area contributed by atoms with Crippen molar-refractivity contribution in [3.8, 4) is 0 Å². The number of hydrogen-bond donors (Lipinski definition) is 1. The van der Waals surface area contributed by atoms with Crippen molar-refractivity contribution < 1.29 is 57.2 Å². The molecule has 0 spiro atoms. The first kappa shape index (κ1) is 70.6. The van der Waals surface area contributed by atoms with Gasteiger partial charge >= 0.3 is 35.9 Å². The molecule has 74 heavy (non-hydrogen) atoms. The molecule has 0 saturated heterocycles. The maximum atomic E-state index is 13.2. The summed E-state index contributed by atoms with van der Waals surface area (Å²) in [5.41, 5.74) is 0. The molecule has 0 aliphatic carbocycles. The molecule has 0 bridgehead atoms. The Morgan fingerprint density at radius 1 is 0.365 bits per heavy atom. The van der Waals surface area contributed by atoms with Gasteiger partial charge in [0.1, 0.15) is 19.3 Å². The number of carbonyl (C=O) groups excluding carboxylic acids is 6. The molecule has 14 heteroatoms. The van der Waals surface area contributed by atoms with Crippen LogP contribution >= 0.6 is 0 Å². The zero-order chi connectivity index (χ0) is 54.4. The summed E-state index contributed by atoms with van der Waals surface area (Å²) >= 11 is 0. The van der Waals surface area contributed by atoms with Crippen molar-refractivity contribution in [2.24, 2.45) is 0 Å². The number of hydrogen-bond acceptors (Lipinski definition) is 13. The lowest BCUT2D eigenvalue weighted by atomic mass is 10.0. The van der Waals surface area contributed by atoms with Gasteiger partial charge in [-0.05, 0) is 77.8 Å². The van der Waals surface area contributed by atoms with Crippen molar-refractivity contribution in [2.75, 3.05) is 53.1 Å². The lowest BCUT2D eigenvalue weighted by molar-refractivity contribution is -0.167. The van der Waals surface area contributed by atoms with Crippen LogP contribution in [0, 0.1) is 0 Å². The molecule has 1 atom stereocenters. The van der Waals surface area contributed by atoms with Gasteiger partial charge < -0.3 is 38.6 Å². The molecule has 1 amide bonds. The molecule has 0 aromatic heterocycles. The van der Waals surface area contributed by atoms with Crippen LogP contribution in [-0.4, -0.2) is 106 Å². The van der Waals surface area contributed by atoms with Gasteiger partial charge in [-0.15, -0.1) is 0 Å². The smallest absolute Gasteiger partial charge is 0.407 e. The Morgan fingerprint density at radius 3 is 1.11 bits per heavy atom. The lowest BCUT2D eigenvalue weighted by Gasteiger charge is -2.20. The minimum atomic E-state index is -0.969. The van der Waals surface area contributed by atoms with Crippen molar-refractivity contribution >= 4 is 35.9 Å². The number of esters is 5. The summed E-state index contributed by atoms with van der Waals surface area (Å²) in [6.45, 7) is 11.3. The maximum Gasteiger partial charge on any atom is 0.407 e. The van der Waals surface area contributed by atoms with Crippen LogP contribution < -0.4 is 5.32 Å². The van der Waals surface area contributed by atoms with E-state index in [-0.39, 0.29) is 50.5 Å². The number of nitrogens with one attached hydrogen (secondary N) is 1. The Balaban J connectivity index is 4.90. The predicted octanol–water partition coefficient (Wildman–Crippen LogP) is 14.8. The highest BCUT2D eigenvalue weighted by molar-refractivity contribution is 5.71. The second-order valence-electron chi connectivity index (χ2n) is 20.7. The van der Waals surface area contributed by atoms with Crippen molar-refractivity contribution in [1.29, 1.82) is 0 Å². The summed E-state index contributed by atoms with van der Waals surface area (Å²) in [7, 11) is 1.99. The molecule has 0 heterocycles. The number of ether oxygens (including phenoxy) is 6. The second-order valence-corrected chi connectivity index (χ2v) is 20.7. The van der Waals surface area contributed by atoms with E-state index in [9.17, 15) is 28.8 Å². The van der Waals surface area contributed by atoms with Crippen molar-refractivity contribution in [1.82, 2.24) is 10.2 Å². The van der Waals surface area contributed by atoms with E-state index in [0.717, 1.165) is 103 Å². The SMILES string of the molecule is CCCCCCCCCCOC(=O)CCCCCCCC(=O)OCC(COC(=O)CCCCCCCC(=O)OCCCCCCCCCC)OC(=O)CCCC(CCCCCCCC)OC(=O)NCCN(C)CC. The van der Waals surface area contributed by atoms with Gasteiger partial charge in [-0.1, -0.05) is 188 Å². The summed E-state index contributed by atoms with van der Waals surface area (Å²) < 4.78 is 33.4. The van der Waals surface area contributed by atoms with Crippen LogP contribution in [-0.2, 0) is 52.4 Å². The number of likely N-dealkylation sites (N-methyl/N-ethyl adjacent to an activating group) is 1. The number of unbranched alkanes of at least 4 members (excludes halogenated alkanes) is 27.